The molecule has 0 aromatic heterocycles. The lowest BCUT2D eigenvalue weighted by molar-refractivity contribution is -0.516. The van der Waals surface area contributed by atoms with E-state index in [9.17, 15) is 4.79 Å². The molecule has 3 fully saturated rings. The second-order valence-corrected chi connectivity index (χ2v) is 25.2. The summed E-state index contributed by atoms with van der Waals surface area (Å²) in [7, 11) is -1.54. The molecule has 3 heterocycles. The van der Waals surface area contributed by atoms with Crippen molar-refractivity contribution in [1.82, 2.24) is 0 Å². The molecule has 13 heteroatoms. The summed E-state index contributed by atoms with van der Waals surface area (Å²) in [4.78, 5) is 14.4. The van der Waals surface area contributed by atoms with E-state index in [1.807, 2.05) is 158 Å². The van der Waals surface area contributed by atoms with E-state index in [-0.39, 0.29) is 39.6 Å². The van der Waals surface area contributed by atoms with Crippen molar-refractivity contribution in [2.75, 3.05) is 19.8 Å². The number of benzene rings is 6. The highest BCUT2D eigenvalue weighted by molar-refractivity contribution is 6.76. The fraction of sp³-hybridized carbons (Fsp3) is 0.373. The third-order valence-electron chi connectivity index (χ3n) is 12.9. The van der Waals surface area contributed by atoms with E-state index < -0.39 is 75.1 Å². The predicted molar refractivity (Wildman–Crippen MR) is 273 cm³/mol. The fourth-order valence-electron chi connectivity index (χ4n) is 9.05. The van der Waals surface area contributed by atoms with E-state index in [0.717, 1.165) is 33.9 Å². The van der Waals surface area contributed by atoms with Gasteiger partial charge in [-0.2, -0.15) is 0 Å². The molecule has 3 aliphatic rings. The van der Waals surface area contributed by atoms with Gasteiger partial charge in [0, 0.05) is 14.7 Å². The number of rotatable bonds is 22. The van der Waals surface area contributed by atoms with Crippen LogP contribution in [0.3, 0.4) is 0 Å². The van der Waals surface area contributed by atoms with Gasteiger partial charge in [0.2, 0.25) is 0 Å². The van der Waals surface area contributed by atoms with Crippen LogP contribution in [0.5, 0.6) is 0 Å². The molecule has 0 saturated carbocycles. The van der Waals surface area contributed by atoms with E-state index in [2.05, 4.69) is 19.6 Å². The van der Waals surface area contributed by atoms with Crippen molar-refractivity contribution in [3.8, 4) is 0 Å². The van der Waals surface area contributed by atoms with Crippen LogP contribution in [0.4, 0.5) is 0 Å². The summed E-state index contributed by atoms with van der Waals surface area (Å²) in [5.74, 6) is -2.56. The highest BCUT2D eigenvalue weighted by atomic mass is 28.3. The molecule has 3 aliphatic heterocycles. The second kappa shape index (κ2) is 25.0. The van der Waals surface area contributed by atoms with E-state index in [1.165, 1.54) is 0 Å². The van der Waals surface area contributed by atoms with Crippen LogP contribution < -0.4 is 0 Å². The van der Waals surface area contributed by atoms with Crippen LogP contribution >= 0.6 is 0 Å². The summed E-state index contributed by atoms with van der Waals surface area (Å²) in [6.45, 7) is 8.36. The summed E-state index contributed by atoms with van der Waals surface area (Å²) in [6, 6.07) is 59.3. The van der Waals surface area contributed by atoms with Gasteiger partial charge in [-0.05, 0) is 46.0 Å². The third kappa shape index (κ3) is 13.8. The van der Waals surface area contributed by atoms with Crippen LogP contribution in [0.25, 0.3) is 0 Å². The minimum absolute atomic E-state index is 0.0618. The summed E-state index contributed by atoms with van der Waals surface area (Å²) >= 11 is 0. The zero-order valence-corrected chi connectivity index (χ0v) is 42.3. The molecule has 378 valence electrons. The van der Waals surface area contributed by atoms with Crippen molar-refractivity contribution in [3.05, 3.63) is 215 Å². The van der Waals surface area contributed by atoms with Crippen LogP contribution in [0.15, 0.2) is 182 Å². The second-order valence-electron chi connectivity index (χ2n) is 19.6. The molecule has 3 saturated heterocycles. The lowest BCUT2D eigenvalue weighted by atomic mass is 9.93. The van der Waals surface area contributed by atoms with Gasteiger partial charge in [-0.25, -0.2) is 4.79 Å². The van der Waals surface area contributed by atoms with E-state index in [4.69, 9.17) is 52.1 Å². The number of fused-ring (bicyclic) bond motifs is 1. The van der Waals surface area contributed by atoms with Crippen molar-refractivity contribution in [3.63, 3.8) is 0 Å². The first kappa shape index (κ1) is 51.5. The third-order valence-corrected chi connectivity index (χ3v) is 14.6. The molecule has 0 bridgehead atoms. The fourth-order valence-corrected chi connectivity index (χ4v) is 9.78. The smallest absolute Gasteiger partial charge is 0.338 e. The quantitative estimate of drug-likeness (QED) is 0.0476. The number of carbonyl (C=O) groups excluding carboxylic acids is 1. The van der Waals surface area contributed by atoms with E-state index >= 15 is 0 Å². The van der Waals surface area contributed by atoms with Gasteiger partial charge in [0.15, 0.2) is 18.5 Å². The number of carbonyl (C=O) groups is 1. The highest BCUT2D eigenvalue weighted by Crippen LogP contribution is 2.45. The summed E-state index contributed by atoms with van der Waals surface area (Å²) < 4.78 is 76.1. The molecule has 0 aliphatic carbocycles. The Labute approximate surface area is 424 Å². The van der Waals surface area contributed by atoms with Gasteiger partial charge in [0.1, 0.15) is 36.6 Å². The Balaban J connectivity index is 1.12. The monoisotopic (exact) mass is 994 g/mol. The molecule has 12 nitrogen and oxygen atoms in total. The molecule has 1 spiro atoms. The number of hydrogen-bond acceptors (Lipinski definition) is 12. The van der Waals surface area contributed by atoms with Crippen LogP contribution in [-0.4, -0.2) is 95.0 Å². The Morgan fingerprint density at radius 3 is 1.50 bits per heavy atom. The standard InChI is InChI=1S/C59H66O12Si/c1-72(2,3)35-34-62-58-55(65-39-46-28-16-7-17-29-46)53(69-57(60)48-32-20-9-21-33-48)52-49(68-58)42-67-59(71-52)56(66-40-47-30-18-8-19-31-47)54(64-38-45-26-14-6-15-27-45)51(63-37-44-24-12-5-13-25-44)50(70-59)41-61-36-43-22-10-4-11-23-43/h4-33,49-56,58H,34-42H2,1-3H3/t49-,50-,51-,52-,53+,54+,55-,56?,58-,59?/m1/s1. The van der Waals surface area contributed by atoms with Crippen molar-refractivity contribution in [1.29, 1.82) is 0 Å². The highest BCUT2D eigenvalue weighted by Gasteiger charge is 2.65. The average molecular weight is 995 g/mol. The molecule has 0 amide bonds. The lowest BCUT2D eigenvalue weighted by Crippen LogP contribution is -2.75. The van der Waals surface area contributed by atoms with Crippen molar-refractivity contribution in [2.45, 2.75) is 120 Å². The van der Waals surface area contributed by atoms with Gasteiger partial charge in [0.25, 0.3) is 0 Å². The molecule has 72 heavy (non-hydrogen) atoms. The molecule has 0 N–H and O–H groups in total. The van der Waals surface area contributed by atoms with Crippen molar-refractivity contribution >= 4 is 14.0 Å². The maximum atomic E-state index is 14.4. The van der Waals surface area contributed by atoms with Crippen molar-refractivity contribution < 1.29 is 56.9 Å². The first-order chi connectivity index (χ1) is 35.2. The first-order valence-electron chi connectivity index (χ1n) is 25.0. The van der Waals surface area contributed by atoms with Gasteiger partial charge in [-0.1, -0.05) is 189 Å². The molecule has 2 unspecified atom stereocenters. The molecule has 10 atom stereocenters. The minimum atomic E-state index is -2.00. The molecule has 0 radical (unpaired) electrons. The molecule has 6 aromatic rings. The maximum absolute atomic E-state index is 14.4. The Kier molecular flexibility index (Phi) is 17.9. The molecule has 6 aromatic carbocycles. The topological polar surface area (TPSA) is 119 Å². The zero-order chi connectivity index (χ0) is 49.6. The average Bonchev–Trinajstić information content (AvgIpc) is 3.41. The summed E-state index contributed by atoms with van der Waals surface area (Å²) in [6.07, 6.45) is -8.45. The maximum Gasteiger partial charge on any atom is 0.338 e. The number of esters is 1. The predicted octanol–water partition coefficient (Wildman–Crippen LogP) is 10.3. The largest absolute Gasteiger partial charge is 0.453 e. The summed E-state index contributed by atoms with van der Waals surface area (Å²) in [5.41, 5.74) is 5.08. The van der Waals surface area contributed by atoms with Gasteiger partial charge < -0.3 is 52.1 Å². The Bertz CT molecular complexity index is 2520. The minimum Gasteiger partial charge on any atom is -0.453 e. The first-order valence-corrected chi connectivity index (χ1v) is 28.7. The SMILES string of the molecule is C[Si](C)(C)CCO[C@@H]1O[C@@H]2COC3(O[C@H]2[C@H](OC(=O)c2ccccc2)[C@H]1OCc1ccccc1)O[C@H](COCc1ccccc1)[C@@H](OCc1ccccc1)[C@H](OCc1ccccc1)C3OCc1ccccc1. The molecular formula is C59H66O12Si. The number of hydrogen-bond donors (Lipinski definition) is 0. The zero-order valence-electron chi connectivity index (χ0n) is 41.3. The lowest BCUT2D eigenvalue weighted by Gasteiger charge is -2.57. The van der Waals surface area contributed by atoms with Gasteiger partial charge in [-0.15, -0.1) is 0 Å². The van der Waals surface area contributed by atoms with Crippen LogP contribution in [0, 0.1) is 0 Å². The summed E-state index contributed by atoms with van der Waals surface area (Å²) in [5, 5.41) is 0. The molecular weight excluding hydrogens is 929 g/mol. The van der Waals surface area contributed by atoms with Gasteiger partial charge in [-0.3, -0.25) is 0 Å². The van der Waals surface area contributed by atoms with E-state index in [0.29, 0.717) is 18.8 Å². The van der Waals surface area contributed by atoms with Crippen LogP contribution in [-0.2, 0) is 85.1 Å². The van der Waals surface area contributed by atoms with Crippen molar-refractivity contribution in [2.24, 2.45) is 0 Å². The Hall–Kier alpha value is -5.39. The Morgan fingerprint density at radius 2 is 0.986 bits per heavy atom. The molecule has 9 rings (SSSR count). The number of ether oxygens (including phenoxy) is 11. The van der Waals surface area contributed by atoms with Crippen LogP contribution in [0.2, 0.25) is 25.7 Å². The Morgan fingerprint density at radius 1 is 0.528 bits per heavy atom. The van der Waals surface area contributed by atoms with Crippen LogP contribution in [0.1, 0.15) is 38.2 Å². The normalized spacial score (nSPS) is 26.2. The van der Waals surface area contributed by atoms with Gasteiger partial charge >= 0.3 is 11.9 Å². The van der Waals surface area contributed by atoms with Gasteiger partial charge in [0.05, 0.1) is 51.8 Å². The van der Waals surface area contributed by atoms with E-state index in [1.54, 1.807) is 24.3 Å².